The number of likely N-dealkylation sites (N-methyl/N-ethyl adjacent to an activating group) is 1. The Labute approximate surface area is 96.6 Å². The van der Waals surface area contributed by atoms with Crippen LogP contribution >= 0.6 is 45.2 Å². The number of halogens is 2. The molecule has 0 aliphatic carbocycles. The molecule has 4 heteroatoms. The summed E-state index contributed by atoms with van der Waals surface area (Å²) < 4.78 is 1.76. The van der Waals surface area contributed by atoms with E-state index in [1.807, 2.05) is 0 Å². The molecule has 0 fully saturated rings. The van der Waals surface area contributed by atoms with Crippen LogP contribution in [0.5, 0.6) is 0 Å². The monoisotopic (exact) mass is 382 g/mol. The second-order valence-corrected chi connectivity index (χ2v) is 4.88. The van der Waals surface area contributed by atoms with Gasteiger partial charge in [-0.15, -0.1) is 0 Å². The quantitative estimate of drug-likeness (QED) is 0.416. The average molecular weight is 382 g/mol. The van der Waals surface area contributed by atoms with Gasteiger partial charge in [-0.3, -0.25) is 0 Å². The van der Waals surface area contributed by atoms with Crippen LogP contribution in [0.3, 0.4) is 0 Å². The van der Waals surface area contributed by atoms with E-state index in [0.29, 0.717) is 10.1 Å². The van der Waals surface area contributed by atoms with E-state index in [9.17, 15) is 0 Å². The zero-order valence-electron chi connectivity index (χ0n) is 7.03. The van der Waals surface area contributed by atoms with Crippen LogP contribution in [0, 0.1) is 0 Å². The van der Waals surface area contributed by atoms with Gasteiger partial charge in [0.25, 0.3) is 0 Å². The summed E-state index contributed by atoms with van der Waals surface area (Å²) in [5.74, 6) is 0. The number of rotatable bonds is 6. The average Bonchev–Trinajstić information content (AvgIpc) is 2.00. The standard InChI is InChI=1S/C7H16I2N2/c1-3-10-5-6(2)11-7(9)4-8/h6-7,10-11H,3-5H2,1-2H3. The molecule has 0 aromatic heterocycles. The lowest BCUT2D eigenvalue weighted by atomic mass is 10.3. The highest BCUT2D eigenvalue weighted by Gasteiger charge is 2.05. The van der Waals surface area contributed by atoms with Crippen molar-refractivity contribution in [2.24, 2.45) is 0 Å². The molecule has 0 rings (SSSR count). The molecule has 2 nitrogen and oxygen atoms in total. The Morgan fingerprint density at radius 2 is 2.09 bits per heavy atom. The molecule has 0 radical (unpaired) electrons. The lowest BCUT2D eigenvalue weighted by molar-refractivity contribution is 0.519. The van der Waals surface area contributed by atoms with E-state index in [2.05, 4.69) is 69.7 Å². The SMILES string of the molecule is CCNCC(C)NC(I)CI. The van der Waals surface area contributed by atoms with E-state index >= 15 is 0 Å². The van der Waals surface area contributed by atoms with Crippen LogP contribution in [-0.2, 0) is 0 Å². The smallest absolute Gasteiger partial charge is 0.0686 e. The lowest BCUT2D eigenvalue weighted by Gasteiger charge is -2.16. The van der Waals surface area contributed by atoms with Crippen molar-refractivity contribution in [3.05, 3.63) is 0 Å². The Hall–Kier alpha value is 1.38. The van der Waals surface area contributed by atoms with Crippen molar-refractivity contribution in [2.75, 3.05) is 17.5 Å². The van der Waals surface area contributed by atoms with E-state index in [0.717, 1.165) is 17.5 Å². The first-order chi connectivity index (χ1) is 5.20. The van der Waals surface area contributed by atoms with E-state index < -0.39 is 0 Å². The minimum Gasteiger partial charge on any atom is -0.315 e. The summed E-state index contributed by atoms with van der Waals surface area (Å²) in [5.41, 5.74) is 0. The predicted molar refractivity (Wildman–Crippen MR) is 67.8 cm³/mol. The highest BCUT2D eigenvalue weighted by molar-refractivity contribution is 14.1. The zero-order chi connectivity index (χ0) is 8.69. The lowest BCUT2D eigenvalue weighted by Crippen LogP contribution is -2.40. The van der Waals surface area contributed by atoms with Crippen LogP contribution in [0.25, 0.3) is 0 Å². The fraction of sp³-hybridized carbons (Fsp3) is 1.00. The van der Waals surface area contributed by atoms with Gasteiger partial charge in [0.05, 0.1) is 4.05 Å². The van der Waals surface area contributed by atoms with E-state index in [-0.39, 0.29) is 0 Å². The van der Waals surface area contributed by atoms with Crippen LogP contribution in [0.2, 0.25) is 0 Å². The molecule has 2 N–H and O–H groups in total. The number of hydrogen-bond acceptors (Lipinski definition) is 2. The second kappa shape index (κ2) is 8.00. The third kappa shape index (κ3) is 7.73. The molecular formula is C7H16I2N2. The van der Waals surface area contributed by atoms with Crippen molar-refractivity contribution in [2.45, 2.75) is 23.9 Å². The normalized spacial score (nSPS) is 16.4. The molecule has 11 heavy (non-hydrogen) atoms. The summed E-state index contributed by atoms with van der Waals surface area (Å²) in [5, 5.41) is 6.79. The molecule has 0 amide bonds. The van der Waals surface area contributed by atoms with E-state index in [4.69, 9.17) is 0 Å². The van der Waals surface area contributed by atoms with Crippen molar-refractivity contribution in [1.29, 1.82) is 0 Å². The Kier molecular flexibility index (Phi) is 9.00. The van der Waals surface area contributed by atoms with Gasteiger partial charge in [-0.1, -0.05) is 52.1 Å². The number of alkyl halides is 2. The Bertz CT molecular complexity index is 90.5. The van der Waals surface area contributed by atoms with Gasteiger partial charge in [0, 0.05) is 17.0 Å². The molecule has 0 bridgehead atoms. The summed E-state index contributed by atoms with van der Waals surface area (Å²) in [6, 6.07) is 0.576. The maximum atomic E-state index is 3.48. The molecule has 2 atom stereocenters. The molecule has 0 heterocycles. The largest absolute Gasteiger partial charge is 0.315 e. The molecule has 0 aliphatic rings. The van der Waals surface area contributed by atoms with Gasteiger partial charge in [0.2, 0.25) is 0 Å². The Balaban J connectivity index is 3.27. The summed E-state index contributed by atoms with van der Waals surface area (Å²) in [6.45, 7) is 6.46. The molecule has 0 aromatic rings. The number of nitrogens with one attached hydrogen (secondary N) is 2. The van der Waals surface area contributed by atoms with Crippen molar-refractivity contribution < 1.29 is 0 Å². The maximum absolute atomic E-state index is 3.48. The van der Waals surface area contributed by atoms with Gasteiger partial charge >= 0.3 is 0 Å². The van der Waals surface area contributed by atoms with Gasteiger partial charge in [0.15, 0.2) is 0 Å². The second-order valence-electron chi connectivity index (χ2n) is 2.50. The molecule has 0 saturated carbocycles. The maximum Gasteiger partial charge on any atom is 0.0686 e. The first kappa shape index (κ1) is 12.4. The molecule has 0 aliphatic heterocycles. The summed E-state index contributed by atoms with van der Waals surface area (Å²) in [4.78, 5) is 0. The third-order valence-electron chi connectivity index (χ3n) is 1.30. The first-order valence-corrected chi connectivity index (χ1v) is 6.64. The van der Waals surface area contributed by atoms with Crippen molar-refractivity contribution in [3.8, 4) is 0 Å². The van der Waals surface area contributed by atoms with Crippen LogP contribution in [0.4, 0.5) is 0 Å². The van der Waals surface area contributed by atoms with Crippen molar-refractivity contribution >= 4 is 45.2 Å². The van der Waals surface area contributed by atoms with E-state index in [1.165, 1.54) is 0 Å². The van der Waals surface area contributed by atoms with Crippen LogP contribution in [0.15, 0.2) is 0 Å². The minimum atomic E-state index is 0.576. The Morgan fingerprint density at radius 1 is 1.45 bits per heavy atom. The molecular weight excluding hydrogens is 366 g/mol. The molecule has 0 spiro atoms. The fourth-order valence-electron chi connectivity index (χ4n) is 0.773. The topological polar surface area (TPSA) is 24.1 Å². The van der Waals surface area contributed by atoms with Gasteiger partial charge in [-0.05, 0) is 13.5 Å². The first-order valence-electron chi connectivity index (χ1n) is 3.87. The van der Waals surface area contributed by atoms with Crippen LogP contribution in [0.1, 0.15) is 13.8 Å². The predicted octanol–water partition coefficient (Wildman–Crippen LogP) is 1.77. The van der Waals surface area contributed by atoms with Crippen molar-refractivity contribution in [1.82, 2.24) is 10.6 Å². The minimum absolute atomic E-state index is 0.576. The molecule has 68 valence electrons. The number of hydrogen-bond donors (Lipinski definition) is 2. The zero-order valence-corrected chi connectivity index (χ0v) is 11.3. The molecule has 0 saturated heterocycles. The van der Waals surface area contributed by atoms with Crippen molar-refractivity contribution in [3.63, 3.8) is 0 Å². The van der Waals surface area contributed by atoms with Crippen LogP contribution in [-0.4, -0.2) is 27.6 Å². The highest BCUT2D eigenvalue weighted by Crippen LogP contribution is 2.01. The van der Waals surface area contributed by atoms with Gasteiger partial charge < -0.3 is 10.6 Å². The summed E-state index contributed by atoms with van der Waals surface area (Å²) >= 11 is 4.82. The Morgan fingerprint density at radius 3 is 2.55 bits per heavy atom. The fourth-order valence-corrected chi connectivity index (χ4v) is 1.64. The van der Waals surface area contributed by atoms with Gasteiger partial charge in [-0.2, -0.15) is 0 Å². The van der Waals surface area contributed by atoms with Crippen LogP contribution < -0.4 is 10.6 Å². The highest BCUT2D eigenvalue weighted by atomic mass is 127. The van der Waals surface area contributed by atoms with Gasteiger partial charge in [0.1, 0.15) is 0 Å². The van der Waals surface area contributed by atoms with E-state index in [1.54, 1.807) is 0 Å². The summed E-state index contributed by atoms with van der Waals surface area (Å²) in [6.07, 6.45) is 0. The van der Waals surface area contributed by atoms with Gasteiger partial charge in [-0.25, -0.2) is 0 Å². The molecule has 0 aromatic carbocycles. The third-order valence-corrected chi connectivity index (χ3v) is 4.67. The summed E-state index contributed by atoms with van der Waals surface area (Å²) in [7, 11) is 0. The molecule has 2 unspecified atom stereocenters.